The van der Waals surface area contributed by atoms with Crippen molar-refractivity contribution < 1.29 is 4.79 Å². The summed E-state index contributed by atoms with van der Waals surface area (Å²) < 4.78 is 0. The zero-order valence-electron chi connectivity index (χ0n) is 8.82. The first-order valence-corrected chi connectivity index (χ1v) is 4.77. The Morgan fingerprint density at radius 1 is 1.36 bits per heavy atom. The number of rotatable bonds is 4. The number of hydrogen-bond acceptors (Lipinski definition) is 4. The standard InChI is InChI=1S/C10H15N3O/c1-4-13(5-2)10-6-8(3)11-9(7-14)12-10/h6-7H,4-5H2,1-3H3. The van der Waals surface area contributed by atoms with Crippen LogP contribution in [0.3, 0.4) is 0 Å². The van der Waals surface area contributed by atoms with Crippen LogP contribution in [0.15, 0.2) is 6.07 Å². The molecule has 0 unspecified atom stereocenters. The van der Waals surface area contributed by atoms with Gasteiger partial charge in [0.25, 0.3) is 0 Å². The topological polar surface area (TPSA) is 46.1 Å². The van der Waals surface area contributed by atoms with E-state index in [-0.39, 0.29) is 5.82 Å². The molecule has 1 aromatic rings. The number of anilines is 1. The molecule has 0 saturated carbocycles. The van der Waals surface area contributed by atoms with E-state index in [0.717, 1.165) is 24.6 Å². The maximum Gasteiger partial charge on any atom is 0.194 e. The Hall–Kier alpha value is -1.45. The molecular formula is C10H15N3O. The lowest BCUT2D eigenvalue weighted by molar-refractivity contribution is 0.111. The number of carbonyl (C=O) groups is 1. The average molecular weight is 193 g/mol. The molecule has 0 spiro atoms. The first-order chi connectivity index (χ1) is 6.71. The minimum absolute atomic E-state index is 0.256. The van der Waals surface area contributed by atoms with Gasteiger partial charge in [0, 0.05) is 24.8 Å². The van der Waals surface area contributed by atoms with Crippen molar-refractivity contribution in [3.8, 4) is 0 Å². The van der Waals surface area contributed by atoms with Crippen LogP contribution in [0.5, 0.6) is 0 Å². The molecular weight excluding hydrogens is 178 g/mol. The first-order valence-electron chi connectivity index (χ1n) is 4.77. The highest BCUT2D eigenvalue weighted by Gasteiger charge is 2.06. The van der Waals surface area contributed by atoms with E-state index in [4.69, 9.17) is 0 Å². The molecule has 14 heavy (non-hydrogen) atoms. The van der Waals surface area contributed by atoms with Gasteiger partial charge in [-0.1, -0.05) is 0 Å². The third kappa shape index (κ3) is 2.28. The molecule has 0 amide bonds. The summed E-state index contributed by atoms with van der Waals surface area (Å²) in [5.41, 5.74) is 0.823. The maximum absolute atomic E-state index is 10.6. The van der Waals surface area contributed by atoms with Crippen LogP contribution in [0, 0.1) is 6.92 Å². The summed E-state index contributed by atoms with van der Waals surface area (Å²) in [6.45, 7) is 7.74. The van der Waals surface area contributed by atoms with E-state index in [9.17, 15) is 4.79 Å². The van der Waals surface area contributed by atoms with Crippen molar-refractivity contribution in [1.29, 1.82) is 0 Å². The van der Waals surface area contributed by atoms with Gasteiger partial charge >= 0.3 is 0 Å². The van der Waals surface area contributed by atoms with Crippen LogP contribution in [0.1, 0.15) is 30.2 Å². The predicted molar refractivity (Wildman–Crippen MR) is 55.7 cm³/mol. The molecule has 0 aliphatic carbocycles. The van der Waals surface area contributed by atoms with Gasteiger partial charge in [-0.2, -0.15) is 0 Å². The third-order valence-corrected chi connectivity index (χ3v) is 2.05. The summed E-state index contributed by atoms with van der Waals surface area (Å²) >= 11 is 0. The number of nitrogens with zero attached hydrogens (tertiary/aromatic N) is 3. The largest absolute Gasteiger partial charge is 0.357 e. The van der Waals surface area contributed by atoms with Crippen LogP contribution in [-0.4, -0.2) is 29.3 Å². The average Bonchev–Trinajstić information content (AvgIpc) is 2.19. The van der Waals surface area contributed by atoms with Crippen LogP contribution in [-0.2, 0) is 0 Å². The van der Waals surface area contributed by atoms with E-state index in [1.54, 1.807) is 0 Å². The molecule has 4 heteroatoms. The van der Waals surface area contributed by atoms with Gasteiger partial charge in [-0.3, -0.25) is 4.79 Å². The molecule has 0 bridgehead atoms. The highest BCUT2D eigenvalue weighted by molar-refractivity contribution is 5.69. The van der Waals surface area contributed by atoms with E-state index >= 15 is 0 Å². The molecule has 0 aliphatic rings. The maximum atomic E-state index is 10.6. The first kappa shape index (κ1) is 10.6. The van der Waals surface area contributed by atoms with E-state index in [0.29, 0.717) is 6.29 Å². The van der Waals surface area contributed by atoms with E-state index < -0.39 is 0 Å². The van der Waals surface area contributed by atoms with Crippen LogP contribution >= 0.6 is 0 Å². The second-order valence-corrected chi connectivity index (χ2v) is 3.02. The zero-order chi connectivity index (χ0) is 10.6. The van der Waals surface area contributed by atoms with E-state index in [1.807, 2.05) is 13.0 Å². The van der Waals surface area contributed by atoms with Crippen molar-refractivity contribution in [3.63, 3.8) is 0 Å². The van der Waals surface area contributed by atoms with Crippen LogP contribution < -0.4 is 4.90 Å². The molecule has 0 N–H and O–H groups in total. The normalized spacial score (nSPS) is 9.93. The van der Waals surface area contributed by atoms with Gasteiger partial charge in [0.2, 0.25) is 0 Å². The molecule has 4 nitrogen and oxygen atoms in total. The Kier molecular flexibility index (Phi) is 3.56. The molecule has 0 atom stereocenters. The molecule has 76 valence electrons. The van der Waals surface area contributed by atoms with E-state index in [2.05, 4.69) is 28.7 Å². The lowest BCUT2D eigenvalue weighted by Crippen LogP contribution is -2.23. The Morgan fingerprint density at radius 2 is 2.00 bits per heavy atom. The van der Waals surface area contributed by atoms with Crippen molar-refractivity contribution in [2.45, 2.75) is 20.8 Å². The second-order valence-electron chi connectivity index (χ2n) is 3.02. The van der Waals surface area contributed by atoms with Gasteiger partial charge in [-0.15, -0.1) is 0 Å². The fourth-order valence-corrected chi connectivity index (χ4v) is 1.34. The minimum Gasteiger partial charge on any atom is -0.357 e. The lowest BCUT2D eigenvalue weighted by atomic mass is 10.3. The highest BCUT2D eigenvalue weighted by Crippen LogP contribution is 2.11. The number of hydrogen-bond donors (Lipinski definition) is 0. The minimum atomic E-state index is 0.256. The summed E-state index contributed by atoms with van der Waals surface area (Å²) in [6.07, 6.45) is 0.681. The van der Waals surface area contributed by atoms with Gasteiger partial charge in [0.15, 0.2) is 12.1 Å². The van der Waals surface area contributed by atoms with Crippen LogP contribution in [0.4, 0.5) is 5.82 Å². The Bertz CT molecular complexity index is 321. The van der Waals surface area contributed by atoms with Crippen molar-refractivity contribution >= 4 is 12.1 Å². The molecule has 0 radical (unpaired) electrons. The number of aldehydes is 1. The molecule has 1 heterocycles. The van der Waals surface area contributed by atoms with Crippen molar-refractivity contribution in [3.05, 3.63) is 17.6 Å². The van der Waals surface area contributed by atoms with Crippen LogP contribution in [0.25, 0.3) is 0 Å². The highest BCUT2D eigenvalue weighted by atomic mass is 16.1. The van der Waals surface area contributed by atoms with E-state index in [1.165, 1.54) is 0 Å². The van der Waals surface area contributed by atoms with Gasteiger partial charge < -0.3 is 4.90 Å². The second kappa shape index (κ2) is 4.69. The summed E-state index contributed by atoms with van der Waals surface area (Å²) in [7, 11) is 0. The van der Waals surface area contributed by atoms with Crippen molar-refractivity contribution in [1.82, 2.24) is 9.97 Å². The predicted octanol–water partition coefficient (Wildman–Crippen LogP) is 1.44. The zero-order valence-corrected chi connectivity index (χ0v) is 8.82. The Labute approximate surface area is 84.0 Å². The number of aromatic nitrogens is 2. The Morgan fingerprint density at radius 3 is 2.50 bits per heavy atom. The quantitative estimate of drug-likeness (QED) is 0.679. The van der Waals surface area contributed by atoms with Gasteiger partial charge in [0.05, 0.1) is 0 Å². The van der Waals surface area contributed by atoms with Crippen molar-refractivity contribution in [2.75, 3.05) is 18.0 Å². The van der Waals surface area contributed by atoms with Crippen molar-refractivity contribution in [2.24, 2.45) is 0 Å². The number of aryl methyl sites for hydroxylation is 1. The third-order valence-electron chi connectivity index (χ3n) is 2.05. The smallest absolute Gasteiger partial charge is 0.194 e. The molecule has 0 aliphatic heterocycles. The fourth-order valence-electron chi connectivity index (χ4n) is 1.34. The number of carbonyl (C=O) groups excluding carboxylic acids is 1. The van der Waals surface area contributed by atoms with Gasteiger partial charge in [-0.05, 0) is 20.8 Å². The molecule has 1 rings (SSSR count). The molecule has 0 aromatic carbocycles. The summed E-state index contributed by atoms with van der Waals surface area (Å²) in [5.74, 6) is 1.08. The summed E-state index contributed by atoms with van der Waals surface area (Å²) in [4.78, 5) is 20.8. The molecule has 1 aromatic heterocycles. The molecule has 0 saturated heterocycles. The SMILES string of the molecule is CCN(CC)c1cc(C)nc(C=O)n1. The summed E-state index contributed by atoms with van der Waals surface area (Å²) in [6, 6.07) is 1.89. The summed E-state index contributed by atoms with van der Waals surface area (Å²) in [5, 5.41) is 0. The van der Waals surface area contributed by atoms with Gasteiger partial charge in [0.1, 0.15) is 5.82 Å². The monoisotopic (exact) mass is 193 g/mol. The lowest BCUT2D eigenvalue weighted by Gasteiger charge is -2.19. The van der Waals surface area contributed by atoms with Crippen LogP contribution in [0.2, 0.25) is 0 Å². The van der Waals surface area contributed by atoms with Gasteiger partial charge in [-0.25, -0.2) is 9.97 Å². The Balaban J connectivity index is 3.07. The fraction of sp³-hybridized carbons (Fsp3) is 0.500. The molecule has 0 fully saturated rings.